The molecule has 0 radical (unpaired) electrons. The minimum absolute atomic E-state index is 0. The SMILES string of the molecule is CCCCCNC(=O)CCCCCCN.Cl. The lowest BCUT2D eigenvalue weighted by molar-refractivity contribution is -0.121. The van der Waals surface area contributed by atoms with Crippen LogP contribution in [0.2, 0.25) is 0 Å². The van der Waals surface area contributed by atoms with Gasteiger partial charge in [0, 0.05) is 13.0 Å². The Hall–Kier alpha value is -0.280. The Kier molecular flexibility index (Phi) is 16.6. The molecule has 16 heavy (non-hydrogen) atoms. The second kappa shape index (κ2) is 14.7. The molecule has 3 nitrogen and oxygen atoms in total. The van der Waals surface area contributed by atoms with Gasteiger partial charge >= 0.3 is 0 Å². The van der Waals surface area contributed by atoms with Crippen LogP contribution in [0.1, 0.15) is 58.3 Å². The zero-order chi connectivity index (χ0) is 11.4. The number of carbonyl (C=O) groups excluding carboxylic acids is 1. The third kappa shape index (κ3) is 13.7. The van der Waals surface area contributed by atoms with Crippen molar-refractivity contribution in [2.24, 2.45) is 5.73 Å². The third-order valence-corrected chi connectivity index (χ3v) is 2.46. The van der Waals surface area contributed by atoms with E-state index in [1.54, 1.807) is 0 Å². The first-order chi connectivity index (χ1) is 7.31. The first-order valence-electron chi connectivity index (χ1n) is 6.28. The highest BCUT2D eigenvalue weighted by Crippen LogP contribution is 2.02. The molecule has 0 bridgehead atoms. The Morgan fingerprint density at radius 2 is 1.75 bits per heavy atom. The van der Waals surface area contributed by atoms with Crippen molar-refractivity contribution in [3.8, 4) is 0 Å². The molecule has 0 saturated carbocycles. The molecular formula is C12H27ClN2O. The van der Waals surface area contributed by atoms with Crippen molar-refractivity contribution in [1.82, 2.24) is 5.32 Å². The van der Waals surface area contributed by atoms with Crippen LogP contribution in [0.4, 0.5) is 0 Å². The van der Waals surface area contributed by atoms with E-state index in [0.717, 1.165) is 45.2 Å². The molecule has 0 saturated heterocycles. The van der Waals surface area contributed by atoms with Gasteiger partial charge in [0.2, 0.25) is 5.91 Å². The van der Waals surface area contributed by atoms with Crippen molar-refractivity contribution in [3.05, 3.63) is 0 Å². The molecule has 0 aromatic carbocycles. The van der Waals surface area contributed by atoms with E-state index in [9.17, 15) is 4.79 Å². The maximum atomic E-state index is 11.3. The molecule has 0 aromatic rings. The van der Waals surface area contributed by atoms with Crippen LogP contribution >= 0.6 is 12.4 Å². The topological polar surface area (TPSA) is 55.1 Å². The molecule has 0 unspecified atom stereocenters. The van der Waals surface area contributed by atoms with Gasteiger partial charge in [-0.1, -0.05) is 32.6 Å². The number of hydrogen-bond acceptors (Lipinski definition) is 2. The van der Waals surface area contributed by atoms with E-state index < -0.39 is 0 Å². The van der Waals surface area contributed by atoms with Gasteiger partial charge in [-0.05, 0) is 25.8 Å². The highest BCUT2D eigenvalue weighted by atomic mass is 35.5. The van der Waals surface area contributed by atoms with Gasteiger partial charge in [-0.2, -0.15) is 0 Å². The van der Waals surface area contributed by atoms with Crippen LogP contribution in [0.5, 0.6) is 0 Å². The van der Waals surface area contributed by atoms with Crippen LogP contribution in [-0.2, 0) is 4.79 Å². The van der Waals surface area contributed by atoms with Crippen molar-refractivity contribution < 1.29 is 4.79 Å². The fourth-order valence-corrected chi connectivity index (χ4v) is 1.47. The van der Waals surface area contributed by atoms with Crippen molar-refractivity contribution in [3.63, 3.8) is 0 Å². The summed E-state index contributed by atoms with van der Waals surface area (Å²) in [7, 11) is 0. The van der Waals surface area contributed by atoms with E-state index in [4.69, 9.17) is 5.73 Å². The zero-order valence-electron chi connectivity index (χ0n) is 10.5. The van der Waals surface area contributed by atoms with Gasteiger partial charge in [-0.25, -0.2) is 0 Å². The monoisotopic (exact) mass is 250 g/mol. The predicted molar refractivity (Wildman–Crippen MR) is 71.9 cm³/mol. The number of halogens is 1. The fraction of sp³-hybridized carbons (Fsp3) is 0.917. The van der Waals surface area contributed by atoms with Crippen molar-refractivity contribution in [1.29, 1.82) is 0 Å². The normalized spacial score (nSPS) is 9.62. The summed E-state index contributed by atoms with van der Waals surface area (Å²) in [5.74, 6) is 0.207. The molecule has 0 aliphatic rings. The van der Waals surface area contributed by atoms with Crippen LogP contribution in [0.15, 0.2) is 0 Å². The van der Waals surface area contributed by atoms with E-state index in [1.807, 2.05) is 0 Å². The Morgan fingerprint density at radius 3 is 2.38 bits per heavy atom. The smallest absolute Gasteiger partial charge is 0.219 e. The lowest BCUT2D eigenvalue weighted by Crippen LogP contribution is -2.23. The summed E-state index contributed by atoms with van der Waals surface area (Å²) in [5, 5.41) is 2.94. The predicted octanol–water partition coefficient (Wildman–Crippen LogP) is 2.62. The summed E-state index contributed by atoms with van der Waals surface area (Å²) in [6.45, 7) is 3.78. The maximum absolute atomic E-state index is 11.3. The number of carbonyl (C=O) groups is 1. The largest absolute Gasteiger partial charge is 0.356 e. The summed E-state index contributed by atoms with van der Waals surface area (Å²) in [5.41, 5.74) is 5.39. The molecule has 0 aliphatic heterocycles. The molecule has 0 aliphatic carbocycles. The van der Waals surface area contributed by atoms with Crippen molar-refractivity contribution in [2.75, 3.05) is 13.1 Å². The first kappa shape index (κ1) is 18.1. The molecule has 98 valence electrons. The number of nitrogens with two attached hydrogens (primary N) is 1. The van der Waals surface area contributed by atoms with Crippen LogP contribution in [0, 0.1) is 0 Å². The van der Waals surface area contributed by atoms with Gasteiger partial charge in [-0.15, -0.1) is 12.4 Å². The Morgan fingerprint density at radius 1 is 1.06 bits per heavy atom. The number of amides is 1. The summed E-state index contributed by atoms with van der Waals surface area (Å²) in [4.78, 5) is 11.3. The summed E-state index contributed by atoms with van der Waals surface area (Å²) in [6, 6.07) is 0. The van der Waals surface area contributed by atoms with E-state index in [1.165, 1.54) is 12.8 Å². The summed E-state index contributed by atoms with van der Waals surface area (Å²) in [6.07, 6.45) is 8.55. The van der Waals surface area contributed by atoms with Gasteiger partial charge in [-0.3, -0.25) is 4.79 Å². The third-order valence-electron chi connectivity index (χ3n) is 2.46. The van der Waals surface area contributed by atoms with Crippen LogP contribution in [-0.4, -0.2) is 19.0 Å². The molecule has 4 heteroatoms. The molecular weight excluding hydrogens is 224 g/mol. The fourth-order valence-electron chi connectivity index (χ4n) is 1.47. The number of hydrogen-bond donors (Lipinski definition) is 2. The average Bonchev–Trinajstić information content (AvgIpc) is 2.24. The Bertz CT molecular complexity index is 154. The number of unbranched alkanes of at least 4 members (excludes halogenated alkanes) is 5. The quantitative estimate of drug-likeness (QED) is 0.586. The lowest BCUT2D eigenvalue weighted by Gasteiger charge is -2.04. The van der Waals surface area contributed by atoms with Crippen molar-refractivity contribution >= 4 is 18.3 Å². The van der Waals surface area contributed by atoms with Gasteiger partial charge in [0.25, 0.3) is 0 Å². The van der Waals surface area contributed by atoms with E-state index >= 15 is 0 Å². The summed E-state index contributed by atoms with van der Waals surface area (Å²) < 4.78 is 0. The van der Waals surface area contributed by atoms with E-state index in [0.29, 0.717) is 6.42 Å². The maximum Gasteiger partial charge on any atom is 0.219 e. The highest BCUT2D eigenvalue weighted by molar-refractivity contribution is 5.85. The Labute approximate surface area is 106 Å². The minimum Gasteiger partial charge on any atom is -0.356 e. The zero-order valence-corrected chi connectivity index (χ0v) is 11.3. The highest BCUT2D eigenvalue weighted by Gasteiger charge is 1.99. The van der Waals surface area contributed by atoms with Gasteiger partial charge < -0.3 is 11.1 Å². The molecule has 0 fully saturated rings. The molecule has 0 rings (SSSR count). The standard InChI is InChI=1S/C12H26N2O.ClH/c1-2-3-8-11-14-12(15)9-6-4-5-7-10-13;/h2-11,13H2,1H3,(H,14,15);1H. The van der Waals surface area contributed by atoms with E-state index in [-0.39, 0.29) is 18.3 Å². The molecule has 0 spiro atoms. The molecule has 0 aromatic heterocycles. The second-order valence-corrected chi connectivity index (χ2v) is 4.01. The van der Waals surface area contributed by atoms with Gasteiger partial charge in [0.15, 0.2) is 0 Å². The van der Waals surface area contributed by atoms with Crippen LogP contribution in [0.25, 0.3) is 0 Å². The van der Waals surface area contributed by atoms with Crippen LogP contribution in [0.3, 0.4) is 0 Å². The number of nitrogens with one attached hydrogen (secondary N) is 1. The first-order valence-corrected chi connectivity index (χ1v) is 6.28. The van der Waals surface area contributed by atoms with Gasteiger partial charge in [0.1, 0.15) is 0 Å². The lowest BCUT2D eigenvalue weighted by atomic mass is 10.1. The Balaban J connectivity index is 0. The minimum atomic E-state index is 0. The van der Waals surface area contributed by atoms with Crippen molar-refractivity contribution in [2.45, 2.75) is 58.3 Å². The number of rotatable bonds is 10. The van der Waals surface area contributed by atoms with Gasteiger partial charge in [0.05, 0.1) is 0 Å². The van der Waals surface area contributed by atoms with E-state index in [2.05, 4.69) is 12.2 Å². The summed E-state index contributed by atoms with van der Waals surface area (Å²) >= 11 is 0. The molecule has 3 N–H and O–H groups in total. The molecule has 0 heterocycles. The molecule has 1 amide bonds. The second-order valence-electron chi connectivity index (χ2n) is 4.01. The van der Waals surface area contributed by atoms with Crippen LogP contribution < -0.4 is 11.1 Å². The molecule has 0 atom stereocenters. The average molecular weight is 251 g/mol.